The molecule has 0 aliphatic heterocycles. The minimum Gasteiger partial charge on any atom is -0.484 e. The predicted octanol–water partition coefficient (Wildman–Crippen LogP) is 2.47. The largest absolute Gasteiger partial charge is 0.484 e. The van der Waals surface area contributed by atoms with Crippen LogP contribution in [-0.4, -0.2) is 29.6 Å². The minimum absolute atomic E-state index is 0.115. The lowest BCUT2D eigenvalue weighted by molar-refractivity contribution is -0.142. The molecule has 7 heteroatoms. The minimum atomic E-state index is -1.10. The Hall–Kier alpha value is -1.82. The average molecular weight is 318 g/mol. The Balaban J connectivity index is 2.52. The van der Waals surface area contributed by atoms with Gasteiger partial charge in [-0.3, -0.25) is 4.79 Å². The number of carbonyl (C=O) groups excluding carboxylic acids is 1. The van der Waals surface area contributed by atoms with Crippen LogP contribution < -0.4 is 10.1 Å². The monoisotopic (exact) mass is 317 g/mol. The molecule has 0 bridgehead atoms. The average Bonchev–Trinajstić information content (AvgIpc) is 2.38. The van der Waals surface area contributed by atoms with Gasteiger partial charge in [0, 0.05) is 6.07 Å². The zero-order valence-corrected chi connectivity index (χ0v) is 12.5. The Labute approximate surface area is 127 Å². The molecule has 0 saturated heterocycles. The fourth-order valence-corrected chi connectivity index (χ4v) is 1.81. The molecule has 0 aliphatic carbocycles. The molecule has 0 aromatic heterocycles. The van der Waals surface area contributed by atoms with Crippen LogP contribution in [0.4, 0.5) is 4.39 Å². The van der Waals surface area contributed by atoms with Crippen molar-refractivity contribution < 1.29 is 23.8 Å². The number of nitrogens with one attached hydrogen (secondary N) is 1. The Morgan fingerprint density at radius 1 is 1.43 bits per heavy atom. The first-order valence-corrected chi connectivity index (χ1v) is 6.77. The van der Waals surface area contributed by atoms with Crippen LogP contribution in [0.5, 0.6) is 5.75 Å². The van der Waals surface area contributed by atoms with Crippen LogP contribution in [0.2, 0.25) is 5.02 Å². The van der Waals surface area contributed by atoms with Crippen LogP contribution in [0.15, 0.2) is 18.2 Å². The molecule has 1 rings (SSSR count). The normalized spacial score (nSPS) is 12.0. The van der Waals surface area contributed by atoms with Gasteiger partial charge in [0.1, 0.15) is 17.6 Å². The Morgan fingerprint density at radius 2 is 2.10 bits per heavy atom. The number of halogens is 2. The van der Waals surface area contributed by atoms with Crippen molar-refractivity contribution in [3.05, 3.63) is 29.0 Å². The van der Waals surface area contributed by atoms with Gasteiger partial charge in [0.2, 0.25) is 0 Å². The second-order valence-corrected chi connectivity index (χ2v) is 5.36. The standard InChI is InChI=1S/C14H17ClFNO4/c1-8(2)5-12(14(19)20)17-13(18)7-21-9-3-4-11(16)10(15)6-9/h3-4,6,8,12H,5,7H2,1-2H3,(H,17,18)(H,19,20)/t12-/m1/s1. The van der Waals surface area contributed by atoms with Crippen LogP contribution in [0.1, 0.15) is 20.3 Å². The third-order valence-electron chi connectivity index (χ3n) is 2.60. The van der Waals surface area contributed by atoms with Crippen molar-refractivity contribution in [2.75, 3.05) is 6.61 Å². The van der Waals surface area contributed by atoms with E-state index in [4.69, 9.17) is 21.4 Å². The first kappa shape index (κ1) is 17.2. The summed E-state index contributed by atoms with van der Waals surface area (Å²) < 4.78 is 18.1. The summed E-state index contributed by atoms with van der Waals surface area (Å²) >= 11 is 5.58. The summed E-state index contributed by atoms with van der Waals surface area (Å²) in [7, 11) is 0. The van der Waals surface area contributed by atoms with Gasteiger partial charge in [0.25, 0.3) is 5.91 Å². The highest BCUT2D eigenvalue weighted by atomic mass is 35.5. The van der Waals surface area contributed by atoms with Gasteiger partial charge in [-0.1, -0.05) is 25.4 Å². The topological polar surface area (TPSA) is 75.6 Å². The SMILES string of the molecule is CC(C)C[C@@H](NC(=O)COc1ccc(F)c(Cl)c1)C(=O)O. The number of rotatable bonds is 7. The molecular formula is C14H17ClFNO4. The summed E-state index contributed by atoms with van der Waals surface area (Å²) in [6.07, 6.45) is 0.323. The highest BCUT2D eigenvalue weighted by Crippen LogP contribution is 2.20. The molecule has 0 heterocycles. The van der Waals surface area contributed by atoms with Crippen LogP contribution in [0.25, 0.3) is 0 Å². The summed E-state index contributed by atoms with van der Waals surface area (Å²) in [5, 5.41) is 11.3. The molecule has 1 aromatic carbocycles. The van der Waals surface area contributed by atoms with Crippen LogP contribution in [-0.2, 0) is 9.59 Å². The van der Waals surface area contributed by atoms with Gasteiger partial charge >= 0.3 is 5.97 Å². The van der Waals surface area contributed by atoms with Gasteiger partial charge in [-0.2, -0.15) is 0 Å². The van der Waals surface area contributed by atoms with E-state index in [2.05, 4.69) is 5.32 Å². The molecule has 0 unspecified atom stereocenters. The van der Waals surface area contributed by atoms with Crippen molar-refractivity contribution in [3.8, 4) is 5.75 Å². The second-order valence-electron chi connectivity index (χ2n) is 4.95. The third-order valence-corrected chi connectivity index (χ3v) is 2.89. The molecule has 116 valence electrons. The highest BCUT2D eigenvalue weighted by Gasteiger charge is 2.21. The number of amides is 1. The van der Waals surface area contributed by atoms with E-state index in [0.29, 0.717) is 6.42 Å². The molecular weight excluding hydrogens is 301 g/mol. The van der Waals surface area contributed by atoms with E-state index in [1.54, 1.807) is 0 Å². The van der Waals surface area contributed by atoms with Gasteiger partial charge in [0.05, 0.1) is 5.02 Å². The number of benzene rings is 1. The van der Waals surface area contributed by atoms with Gasteiger partial charge in [-0.25, -0.2) is 9.18 Å². The fraction of sp³-hybridized carbons (Fsp3) is 0.429. The van der Waals surface area contributed by atoms with E-state index in [9.17, 15) is 14.0 Å². The van der Waals surface area contributed by atoms with Crippen molar-refractivity contribution in [2.24, 2.45) is 5.92 Å². The molecule has 0 spiro atoms. The molecule has 2 N–H and O–H groups in total. The van der Waals surface area contributed by atoms with Crippen LogP contribution >= 0.6 is 11.6 Å². The maximum absolute atomic E-state index is 12.9. The van der Waals surface area contributed by atoms with E-state index in [0.717, 1.165) is 6.07 Å². The third kappa shape index (κ3) is 5.99. The summed E-state index contributed by atoms with van der Waals surface area (Å²) in [5.41, 5.74) is 0. The fourth-order valence-electron chi connectivity index (χ4n) is 1.64. The number of hydrogen-bond acceptors (Lipinski definition) is 3. The van der Waals surface area contributed by atoms with Crippen molar-refractivity contribution >= 4 is 23.5 Å². The highest BCUT2D eigenvalue weighted by molar-refractivity contribution is 6.30. The number of ether oxygens (including phenoxy) is 1. The van der Waals surface area contributed by atoms with Crippen molar-refractivity contribution in [1.29, 1.82) is 0 Å². The van der Waals surface area contributed by atoms with Gasteiger partial charge in [-0.05, 0) is 24.5 Å². The van der Waals surface area contributed by atoms with Gasteiger partial charge in [0.15, 0.2) is 6.61 Å². The van der Waals surface area contributed by atoms with E-state index < -0.39 is 23.7 Å². The van der Waals surface area contributed by atoms with Crippen molar-refractivity contribution in [3.63, 3.8) is 0 Å². The molecule has 1 aromatic rings. The Kier molecular flexibility index (Phi) is 6.42. The second kappa shape index (κ2) is 7.83. The number of carboxylic acids is 1. The number of aliphatic carboxylic acids is 1. The van der Waals surface area contributed by atoms with E-state index in [1.165, 1.54) is 12.1 Å². The summed E-state index contributed by atoms with van der Waals surface area (Å²) in [4.78, 5) is 22.7. The molecule has 0 aliphatic rings. The van der Waals surface area contributed by atoms with E-state index in [-0.39, 0.29) is 23.3 Å². The lowest BCUT2D eigenvalue weighted by atomic mass is 10.0. The lowest BCUT2D eigenvalue weighted by Gasteiger charge is -2.16. The first-order chi connectivity index (χ1) is 9.79. The van der Waals surface area contributed by atoms with Gasteiger partial charge in [-0.15, -0.1) is 0 Å². The first-order valence-electron chi connectivity index (χ1n) is 6.39. The van der Waals surface area contributed by atoms with Crippen molar-refractivity contribution in [2.45, 2.75) is 26.3 Å². The lowest BCUT2D eigenvalue weighted by Crippen LogP contribution is -2.43. The summed E-state index contributed by atoms with van der Waals surface area (Å²) in [6, 6.07) is 2.73. The molecule has 0 saturated carbocycles. The molecule has 0 fully saturated rings. The Bertz CT molecular complexity index is 522. The molecule has 21 heavy (non-hydrogen) atoms. The zero-order chi connectivity index (χ0) is 16.0. The molecule has 0 radical (unpaired) electrons. The molecule has 1 amide bonds. The van der Waals surface area contributed by atoms with Gasteiger partial charge < -0.3 is 15.2 Å². The smallest absolute Gasteiger partial charge is 0.326 e. The molecule has 5 nitrogen and oxygen atoms in total. The van der Waals surface area contributed by atoms with Crippen molar-refractivity contribution in [1.82, 2.24) is 5.32 Å². The predicted molar refractivity (Wildman–Crippen MR) is 75.9 cm³/mol. The zero-order valence-electron chi connectivity index (χ0n) is 11.7. The summed E-state index contributed by atoms with van der Waals surface area (Å²) in [5.74, 6) is -1.89. The maximum atomic E-state index is 12.9. The number of carbonyl (C=O) groups is 2. The van der Waals surface area contributed by atoms with Crippen LogP contribution in [0, 0.1) is 11.7 Å². The molecule has 1 atom stereocenters. The van der Waals surface area contributed by atoms with Crippen LogP contribution in [0.3, 0.4) is 0 Å². The Morgan fingerprint density at radius 3 is 2.62 bits per heavy atom. The number of hydrogen-bond donors (Lipinski definition) is 2. The maximum Gasteiger partial charge on any atom is 0.326 e. The number of carboxylic acid groups (broad SMARTS) is 1. The quantitative estimate of drug-likeness (QED) is 0.810. The summed E-state index contributed by atoms with van der Waals surface area (Å²) in [6.45, 7) is 3.35. The van der Waals surface area contributed by atoms with E-state index >= 15 is 0 Å². The van der Waals surface area contributed by atoms with E-state index in [1.807, 2.05) is 13.8 Å².